The monoisotopic (exact) mass is 264 g/mol. The normalized spacial score (nSPS) is 12.3. The Morgan fingerprint density at radius 3 is 2.53 bits per heavy atom. The topological polar surface area (TPSA) is 95.7 Å². The summed E-state index contributed by atoms with van der Waals surface area (Å²) in [5.41, 5.74) is 6.61. The van der Waals surface area contributed by atoms with Crippen molar-refractivity contribution in [3.63, 3.8) is 0 Å². The third kappa shape index (κ3) is 2.74. The van der Waals surface area contributed by atoms with Crippen LogP contribution in [0.1, 0.15) is 57.9 Å². The molecule has 0 spiro atoms. The molecule has 0 amide bonds. The molecule has 0 unspecified atom stereocenters. The Balaban J connectivity index is 2.28. The summed E-state index contributed by atoms with van der Waals surface area (Å²) in [6.45, 7) is 10.6. The van der Waals surface area contributed by atoms with E-state index in [-0.39, 0.29) is 11.3 Å². The summed E-state index contributed by atoms with van der Waals surface area (Å²) in [6.07, 6.45) is 0. The second-order valence-electron chi connectivity index (χ2n) is 5.93. The predicted molar refractivity (Wildman–Crippen MR) is 70.6 cm³/mol. The van der Waals surface area contributed by atoms with Crippen molar-refractivity contribution in [2.24, 2.45) is 0 Å². The van der Waals surface area contributed by atoms with Crippen LogP contribution in [0.4, 0.5) is 5.82 Å². The molecule has 0 aromatic carbocycles. The second kappa shape index (κ2) is 4.64. The Bertz CT molecular complexity index is 563. The van der Waals surface area contributed by atoms with E-state index in [1.165, 1.54) is 0 Å². The molecule has 2 aromatic heterocycles. The fourth-order valence-corrected chi connectivity index (χ4v) is 1.91. The van der Waals surface area contributed by atoms with Crippen LogP contribution in [0.25, 0.3) is 0 Å². The van der Waals surface area contributed by atoms with Gasteiger partial charge in [0.1, 0.15) is 6.54 Å². The summed E-state index contributed by atoms with van der Waals surface area (Å²) in [7, 11) is 0. The summed E-state index contributed by atoms with van der Waals surface area (Å²) in [5.74, 6) is 1.86. The first-order chi connectivity index (χ1) is 8.79. The van der Waals surface area contributed by atoms with E-state index < -0.39 is 0 Å². The van der Waals surface area contributed by atoms with E-state index in [1.54, 1.807) is 4.68 Å². The molecule has 19 heavy (non-hydrogen) atoms. The van der Waals surface area contributed by atoms with Crippen LogP contribution in [-0.4, -0.2) is 25.1 Å². The van der Waals surface area contributed by atoms with E-state index in [2.05, 4.69) is 41.2 Å². The summed E-state index contributed by atoms with van der Waals surface area (Å²) >= 11 is 0. The molecule has 0 aliphatic heterocycles. The molecule has 0 aliphatic carbocycles. The summed E-state index contributed by atoms with van der Waals surface area (Å²) in [6, 6.07) is 0. The average molecular weight is 264 g/mol. The maximum absolute atomic E-state index is 5.88. The maximum atomic E-state index is 5.88. The van der Waals surface area contributed by atoms with Crippen LogP contribution in [0.2, 0.25) is 0 Å². The average Bonchev–Trinajstić information content (AvgIpc) is 2.85. The molecule has 2 heterocycles. The van der Waals surface area contributed by atoms with Crippen molar-refractivity contribution in [3.8, 4) is 0 Å². The molecular weight excluding hydrogens is 244 g/mol. The highest BCUT2D eigenvalue weighted by atomic mass is 16.5. The van der Waals surface area contributed by atoms with Gasteiger partial charge in [0.25, 0.3) is 0 Å². The van der Waals surface area contributed by atoms with Gasteiger partial charge in [0.05, 0.1) is 5.69 Å². The Hall–Kier alpha value is -1.92. The van der Waals surface area contributed by atoms with Gasteiger partial charge in [-0.05, 0) is 0 Å². The third-order valence-corrected chi connectivity index (χ3v) is 2.74. The first kappa shape index (κ1) is 13.5. The molecule has 2 rings (SSSR count). The van der Waals surface area contributed by atoms with Crippen molar-refractivity contribution in [2.75, 3.05) is 5.73 Å². The van der Waals surface area contributed by atoms with Crippen molar-refractivity contribution in [3.05, 3.63) is 17.4 Å². The molecule has 0 fully saturated rings. The molecule has 0 aliphatic rings. The zero-order valence-electron chi connectivity index (χ0n) is 12.0. The standard InChI is InChI=1S/C12H20N6O/c1-7(2)11-14-8(16-19-11)6-18-9(12(3,4)5)10(13)15-17-18/h7H,6,13H2,1-5H3. The van der Waals surface area contributed by atoms with Crippen LogP contribution < -0.4 is 5.73 Å². The Kier molecular flexibility index (Phi) is 3.30. The number of nitrogens with two attached hydrogens (primary N) is 1. The van der Waals surface area contributed by atoms with Gasteiger partial charge in [0.15, 0.2) is 11.6 Å². The zero-order valence-corrected chi connectivity index (χ0v) is 12.0. The lowest BCUT2D eigenvalue weighted by molar-refractivity contribution is 0.358. The second-order valence-corrected chi connectivity index (χ2v) is 5.93. The number of aromatic nitrogens is 5. The highest BCUT2D eigenvalue weighted by molar-refractivity contribution is 5.38. The predicted octanol–water partition coefficient (Wildman–Crippen LogP) is 1.71. The summed E-state index contributed by atoms with van der Waals surface area (Å²) < 4.78 is 6.90. The zero-order chi connectivity index (χ0) is 14.2. The number of hydrogen-bond donors (Lipinski definition) is 1. The minimum atomic E-state index is -0.141. The summed E-state index contributed by atoms with van der Waals surface area (Å²) in [4.78, 5) is 4.33. The first-order valence-electron chi connectivity index (χ1n) is 6.31. The van der Waals surface area contributed by atoms with Gasteiger partial charge in [-0.15, -0.1) is 5.10 Å². The van der Waals surface area contributed by atoms with Gasteiger partial charge in [-0.2, -0.15) is 4.98 Å². The van der Waals surface area contributed by atoms with Crippen LogP contribution in [0.5, 0.6) is 0 Å². The Labute approximate surface area is 112 Å². The van der Waals surface area contributed by atoms with Crippen molar-refractivity contribution in [1.82, 2.24) is 25.1 Å². The largest absolute Gasteiger partial charge is 0.381 e. The molecule has 104 valence electrons. The lowest BCUT2D eigenvalue weighted by Crippen LogP contribution is -2.20. The number of nitrogen functional groups attached to an aromatic ring is 1. The van der Waals surface area contributed by atoms with Gasteiger partial charge >= 0.3 is 0 Å². The van der Waals surface area contributed by atoms with Crippen LogP contribution in [0, 0.1) is 0 Å². The molecule has 0 saturated heterocycles. The van der Waals surface area contributed by atoms with Crippen LogP contribution >= 0.6 is 0 Å². The molecule has 0 saturated carbocycles. The van der Waals surface area contributed by atoms with Crippen molar-refractivity contribution in [1.29, 1.82) is 0 Å². The molecular formula is C12H20N6O. The lowest BCUT2D eigenvalue weighted by Gasteiger charge is -2.19. The van der Waals surface area contributed by atoms with Gasteiger partial charge in [-0.25, -0.2) is 4.68 Å². The molecule has 2 N–H and O–H groups in total. The SMILES string of the molecule is CC(C)c1nc(Cn2nnc(N)c2C(C)(C)C)no1. The fraction of sp³-hybridized carbons (Fsp3) is 0.667. The molecule has 7 heteroatoms. The van der Waals surface area contributed by atoms with Gasteiger partial charge in [0, 0.05) is 11.3 Å². The van der Waals surface area contributed by atoms with E-state index in [0.29, 0.717) is 24.1 Å². The summed E-state index contributed by atoms with van der Waals surface area (Å²) in [5, 5.41) is 11.9. The number of nitrogens with zero attached hydrogens (tertiary/aromatic N) is 5. The van der Waals surface area contributed by atoms with Crippen molar-refractivity contribution in [2.45, 2.75) is 52.5 Å². The molecule has 7 nitrogen and oxygen atoms in total. The maximum Gasteiger partial charge on any atom is 0.229 e. The van der Waals surface area contributed by atoms with Crippen LogP contribution in [-0.2, 0) is 12.0 Å². The van der Waals surface area contributed by atoms with Gasteiger partial charge < -0.3 is 10.3 Å². The Morgan fingerprint density at radius 1 is 1.32 bits per heavy atom. The van der Waals surface area contributed by atoms with E-state index in [4.69, 9.17) is 10.3 Å². The molecule has 0 radical (unpaired) electrons. The lowest BCUT2D eigenvalue weighted by atomic mass is 9.92. The smallest absolute Gasteiger partial charge is 0.229 e. The minimum Gasteiger partial charge on any atom is -0.381 e. The minimum absolute atomic E-state index is 0.141. The number of hydrogen-bond acceptors (Lipinski definition) is 6. The van der Waals surface area contributed by atoms with E-state index in [1.807, 2.05) is 13.8 Å². The van der Waals surface area contributed by atoms with Gasteiger partial charge in [-0.3, -0.25) is 0 Å². The molecule has 0 bridgehead atoms. The number of rotatable bonds is 3. The van der Waals surface area contributed by atoms with Crippen LogP contribution in [0.15, 0.2) is 4.52 Å². The van der Waals surface area contributed by atoms with Gasteiger partial charge in [-0.1, -0.05) is 45.0 Å². The number of anilines is 1. The van der Waals surface area contributed by atoms with Gasteiger partial charge in [0.2, 0.25) is 5.89 Å². The van der Waals surface area contributed by atoms with E-state index >= 15 is 0 Å². The highest BCUT2D eigenvalue weighted by Crippen LogP contribution is 2.26. The molecule has 2 aromatic rings. The third-order valence-electron chi connectivity index (χ3n) is 2.74. The Morgan fingerprint density at radius 2 is 2.00 bits per heavy atom. The van der Waals surface area contributed by atoms with Crippen molar-refractivity contribution >= 4 is 5.82 Å². The first-order valence-corrected chi connectivity index (χ1v) is 6.31. The fourth-order valence-electron chi connectivity index (χ4n) is 1.91. The van der Waals surface area contributed by atoms with Crippen LogP contribution in [0.3, 0.4) is 0 Å². The van der Waals surface area contributed by atoms with Crippen molar-refractivity contribution < 1.29 is 4.52 Å². The quantitative estimate of drug-likeness (QED) is 0.906. The van der Waals surface area contributed by atoms with E-state index in [9.17, 15) is 0 Å². The van der Waals surface area contributed by atoms with E-state index in [0.717, 1.165) is 5.69 Å². The molecule has 0 atom stereocenters. The highest BCUT2D eigenvalue weighted by Gasteiger charge is 2.25.